The molecule has 3 heterocycles. The van der Waals surface area contributed by atoms with Crippen LogP contribution in [0, 0.1) is 5.82 Å². The van der Waals surface area contributed by atoms with E-state index in [1.807, 2.05) is 32.9 Å². The summed E-state index contributed by atoms with van der Waals surface area (Å²) in [6, 6.07) is 9.74. The number of likely N-dealkylation sites (tertiary alicyclic amines) is 1. The zero-order chi connectivity index (χ0) is 24.8. The summed E-state index contributed by atoms with van der Waals surface area (Å²) < 4.78 is 20.0. The van der Waals surface area contributed by atoms with Crippen molar-refractivity contribution in [1.29, 1.82) is 0 Å². The maximum Gasteiger partial charge on any atom is 0.325 e. The minimum absolute atomic E-state index is 0.0769. The molecule has 1 saturated heterocycles. The Labute approximate surface area is 206 Å². The number of nitrogens with zero attached hydrogens (tertiary/aromatic N) is 3. The minimum atomic E-state index is -0.596. The third-order valence-electron chi connectivity index (χ3n) is 6.22. The highest BCUT2D eigenvalue weighted by atomic mass is 19.1. The third-order valence-corrected chi connectivity index (χ3v) is 6.22. The first kappa shape index (κ1) is 24.9. The Morgan fingerprint density at radius 3 is 2.49 bits per heavy atom. The molecule has 0 spiro atoms. The molecule has 0 radical (unpaired) electrons. The van der Waals surface area contributed by atoms with Crippen molar-refractivity contribution in [3.63, 3.8) is 0 Å². The largest absolute Gasteiger partial charge is 0.359 e. The quantitative estimate of drug-likeness (QED) is 0.419. The predicted molar refractivity (Wildman–Crippen MR) is 136 cm³/mol. The topological polar surface area (TPSA) is 83.3 Å². The van der Waals surface area contributed by atoms with Crippen molar-refractivity contribution in [3.8, 4) is 11.1 Å². The first-order valence-electron chi connectivity index (χ1n) is 12.3. The number of hydrogen-bond donors (Lipinski definition) is 2. The number of carbonyl (C=O) groups is 1. The monoisotopic (exact) mass is 479 g/mol. The summed E-state index contributed by atoms with van der Waals surface area (Å²) in [4.78, 5) is 19.4. The maximum atomic E-state index is 14.7. The van der Waals surface area contributed by atoms with E-state index < -0.39 is 11.8 Å². The molecule has 0 saturated carbocycles. The van der Waals surface area contributed by atoms with Crippen LogP contribution in [-0.2, 0) is 11.8 Å². The van der Waals surface area contributed by atoms with Crippen molar-refractivity contribution in [2.75, 3.05) is 30.3 Å². The van der Waals surface area contributed by atoms with Crippen LogP contribution in [0.2, 0.25) is 0 Å². The summed E-state index contributed by atoms with van der Waals surface area (Å²) in [7, 11) is 0. The van der Waals surface area contributed by atoms with Gasteiger partial charge in [0.1, 0.15) is 11.6 Å². The van der Waals surface area contributed by atoms with E-state index in [4.69, 9.17) is 4.52 Å². The average Bonchev–Trinajstić information content (AvgIpc) is 3.31. The fourth-order valence-electron chi connectivity index (χ4n) is 4.16. The lowest BCUT2D eigenvalue weighted by Gasteiger charge is -2.26. The summed E-state index contributed by atoms with van der Waals surface area (Å²) in [5.74, 6) is 0.385. The molecule has 186 valence electrons. The summed E-state index contributed by atoms with van der Waals surface area (Å²) in [5, 5.41) is 8.92. The summed E-state index contributed by atoms with van der Waals surface area (Å²) in [6.07, 6.45) is 7.78. The van der Waals surface area contributed by atoms with Gasteiger partial charge in [-0.15, -0.1) is 0 Å². The van der Waals surface area contributed by atoms with Gasteiger partial charge in [-0.3, -0.25) is 10.3 Å². The van der Waals surface area contributed by atoms with Gasteiger partial charge in [-0.05, 0) is 69.1 Å². The van der Waals surface area contributed by atoms with E-state index in [0.717, 1.165) is 30.6 Å². The molecule has 0 aliphatic carbocycles. The molecule has 1 aliphatic heterocycles. The van der Waals surface area contributed by atoms with Crippen LogP contribution in [0.3, 0.4) is 0 Å². The fourth-order valence-corrected chi connectivity index (χ4v) is 4.16. The van der Waals surface area contributed by atoms with Crippen molar-refractivity contribution in [2.45, 2.75) is 58.3 Å². The van der Waals surface area contributed by atoms with Crippen LogP contribution in [0.4, 0.5) is 20.7 Å². The smallest absolute Gasteiger partial charge is 0.325 e. The molecule has 1 aromatic carbocycles. The molecule has 7 nitrogen and oxygen atoms in total. The lowest BCUT2D eigenvalue weighted by molar-refractivity contribution is 0.226. The van der Waals surface area contributed by atoms with Crippen LogP contribution < -0.4 is 10.6 Å². The molecule has 2 amide bonds. The SMILES string of the molecule is CC(C)(C)c1cc(NC(=O)Nc2ccc(-c3ccc(CCCN4CCCCC4)nc3)cc2F)no1. The van der Waals surface area contributed by atoms with Crippen molar-refractivity contribution in [3.05, 3.63) is 59.9 Å². The number of hydrogen-bond acceptors (Lipinski definition) is 5. The van der Waals surface area contributed by atoms with Crippen molar-refractivity contribution >= 4 is 17.5 Å². The van der Waals surface area contributed by atoms with Gasteiger partial charge in [-0.1, -0.05) is 44.5 Å². The van der Waals surface area contributed by atoms with Crippen molar-refractivity contribution < 1.29 is 13.7 Å². The standard InChI is InChI=1S/C27H34FN5O2/c1-27(2,3)24-17-25(32-35-24)31-26(34)30-23-12-10-19(16-22(23)28)20-9-11-21(29-18-20)8-7-15-33-13-5-4-6-14-33/h9-12,16-18H,4-8,13-15H2,1-3H3,(H2,30,31,32,34). The molecule has 8 heteroatoms. The highest BCUT2D eigenvalue weighted by Crippen LogP contribution is 2.26. The number of aryl methyl sites for hydroxylation is 1. The molecule has 0 unspecified atom stereocenters. The number of piperidine rings is 1. The molecule has 1 aliphatic rings. The van der Waals surface area contributed by atoms with Gasteiger partial charge in [0.05, 0.1) is 5.69 Å². The van der Waals surface area contributed by atoms with Gasteiger partial charge >= 0.3 is 6.03 Å². The number of halogens is 1. The summed E-state index contributed by atoms with van der Waals surface area (Å²) in [5.41, 5.74) is 2.42. The van der Waals surface area contributed by atoms with E-state index in [9.17, 15) is 9.18 Å². The summed E-state index contributed by atoms with van der Waals surface area (Å²) in [6.45, 7) is 9.48. The van der Waals surface area contributed by atoms with Crippen LogP contribution in [-0.4, -0.2) is 40.7 Å². The van der Waals surface area contributed by atoms with E-state index in [-0.39, 0.29) is 16.9 Å². The number of urea groups is 1. The lowest BCUT2D eigenvalue weighted by Crippen LogP contribution is -2.30. The van der Waals surface area contributed by atoms with E-state index in [1.54, 1.807) is 24.4 Å². The predicted octanol–water partition coefficient (Wildman–Crippen LogP) is 6.24. The number of anilines is 2. The average molecular weight is 480 g/mol. The van der Waals surface area contributed by atoms with Crippen molar-refractivity contribution in [2.24, 2.45) is 0 Å². The number of amides is 2. The molecule has 0 bridgehead atoms. The number of benzene rings is 1. The van der Waals surface area contributed by atoms with Crippen LogP contribution in [0.25, 0.3) is 11.1 Å². The molecule has 2 N–H and O–H groups in total. The van der Waals surface area contributed by atoms with Crippen LogP contribution in [0.1, 0.15) is 57.9 Å². The van der Waals surface area contributed by atoms with Gasteiger partial charge in [0, 0.05) is 28.9 Å². The highest BCUT2D eigenvalue weighted by Gasteiger charge is 2.20. The number of nitrogens with one attached hydrogen (secondary N) is 2. The Morgan fingerprint density at radius 2 is 1.83 bits per heavy atom. The molecule has 1 fully saturated rings. The maximum absolute atomic E-state index is 14.7. The molecular formula is C27H34FN5O2. The van der Waals surface area contributed by atoms with Gasteiger partial charge in [-0.25, -0.2) is 9.18 Å². The first-order valence-corrected chi connectivity index (χ1v) is 12.3. The Morgan fingerprint density at radius 1 is 1.06 bits per heavy atom. The highest BCUT2D eigenvalue weighted by molar-refractivity contribution is 5.99. The molecule has 35 heavy (non-hydrogen) atoms. The van der Waals surface area contributed by atoms with E-state index in [2.05, 4.69) is 25.7 Å². The van der Waals surface area contributed by atoms with E-state index in [0.29, 0.717) is 11.3 Å². The number of rotatable bonds is 7. The first-order chi connectivity index (χ1) is 16.8. The van der Waals surface area contributed by atoms with Gasteiger partial charge in [0.2, 0.25) is 0 Å². The Bertz CT molecular complexity index is 1130. The normalized spacial score (nSPS) is 14.6. The number of carbonyl (C=O) groups excluding carboxylic acids is 1. The molecule has 3 aromatic rings. The number of pyridine rings is 1. The van der Waals surface area contributed by atoms with Gasteiger partial charge in [-0.2, -0.15) is 0 Å². The second-order valence-corrected chi connectivity index (χ2v) is 10.1. The van der Waals surface area contributed by atoms with Crippen LogP contribution in [0.15, 0.2) is 47.1 Å². The summed E-state index contributed by atoms with van der Waals surface area (Å²) >= 11 is 0. The molecular weight excluding hydrogens is 445 g/mol. The second-order valence-electron chi connectivity index (χ2n) is 10.1. The lowest BCUT2D eigenvalue weighted by atomic mass is 9.93. The minimum Gasteiger partial charge on any atom is -0.359 e. The second kappa shape index (κ2) is 11.0. The zero-order valence-corrected chi connectivity index (χ0v) is 20.7. The molecule has 2 aromatic heterocycles. The van der Waals surface area contributed by atoms with Gasteiger partial charge in [0.25, 0.3) is 0 Å². The zero-order valence-electron chi connectivity index (χ0n) is 20.7. The Balaban J connectivity index is 1.30. The van der Waals surface area contributed by atoms with Crippen LogP contribution in [0.5, 0.6) is 0 Å². The van der Waals surface area contributed by atoms with Crippen LogP contribution >= 0.6 is 0 Å². The van der Waals surface area contributed by atoms with Gasteiger partial charge < -0.3 is 14.7 Å². The Hall–Kier alpha value is -3.26. The fraction of sp³-hybridized carbons (Fsp3) is 0.444. The van der Waals surface area contributed by atoms with E-state index in [1.165, 1.54) is 38.4 Å². The number of aromatic nitrogens is 2. The molecule has 4 rings (SSSR count). The van der Waals surface area contributed by atoms with E-state index >= 15 is 0 Å². The Kier molecular flexibility index (Phi) is 7.80. The van der Waals surface area contributed by atoms with Gasteiger partial charge in [0.15, 0.2) is 5.82 Å². The molecule has 0 atom stereocenters. The third kappa shape index (κ3) is 6.88. The van der Waals surface area contributed by atoms with Crippen molar-refractivity contribution in [1.82, 2.24) is 15.0 Å².